The second-order valence-corrected chi connectivity index (χ2v) is 14.0. The van der Waals surface area contributed by atoms with E-state index in [0.29, 0.717) is 0 Å². The Morgan fingerprint density at radius 1 is 0.304 bits per heavy atom. The predicted molar refractivity (Wildman–Crippen MR) is 167 cm³/mol. The van der Waals surface area contributed by atoms with Crippen LogP contribution in [0.4, 0.5) is 0 Å². The van der Waals surface area contributed by atoms with Gasteiger partial charge in [0.25, 0.3) is 0 Å². The Bertz CT molecular complexity index is 1200. The Kier molecular flexibility index (Phi) is 16.1. The minimum atomic E-state index is -2.06. The summed E-state index contributed by atoms with van der Waals surface area (Å²) in [4.78, 5) is 0. The molecule has 0 amide bonds. The van der Waals surface area contributed by atoms with E-state index in [2.05, 4.69) is 0 Å². The van der Waals surface area contributed by atoms with Gasteiger partial charge in [0.15, 0.2) is 31.5 Å². The van der Waals surface area contributed by atoms with Gasteiger partial charge in [0.2, 0.25) is 0 Å². The molecule has 0 bridgehead atoms. The van der Waals surface area contributed by atoms with Crippen LogP contribution in [-0.4, -0.2) is 273 Å². The average molecular weight is 829 g/mol. The maximum Gasteiger partial charge on any atom is 0.187 e. The van der Waals surface area contributed by atoms with Crippen LogP contribution in [0, 0.1) is 0 Å². The van der Waals surface area contributed by atoms with Crippen molar-refractivity contribution in [2.24, 2.45) is 0 Å². The summed E-state index contributed by atoms with van der Waals surface area (Å²) in [5, 5.41) is 175. The summed E-state index contributed by atoms with van der Waals surface area (Å²) >= 11 is 0. The maximum atomic E-state index is 11.0. The van der Waals surface area contributed by atoms with Crippen molar-refractivity contribution in [3.8, 4) is 0 Å². The quantitative estimate of drug-likeness (QED) is 0.0819. The number of aliphatic hydroxyl groups excluding tert-OH is 17. The van der Waals surface area contributed by atoms with Crippen LogP contribution in [0.1, 0.15) is 0 Å². The standard InChI is InChI=1S/C30H52O26/c31-1-6-11(35)13(37)19(43)28(50-6)55-24-8(3-33)51-27(21(45)16(24)40)48-5-10-12(36)14(38)20(44)29(53-10)56-25-9(4-34)52-30(22(46)17(25)41)54-23-7(2-32)49-26(47)18(42)15(23)39/h6-47H,1-5H2. The van der Waals surface area contributed by atoms with E-state index in [0.717, 1.165) is 0 Å². The molecule has 0 aromatic heterocycles. The number of ether oxygens (including phenoxy) is 9. The van der Waals surface area contributed by atoms with E-state index in [1.165, 1.54) is 0 Å². The normalized spacial score (nSPS) is 53.2. The lowest BCUT2D eigenvalue weighted by Crippen LogP contribution is -2.66. The topological polar surface area (TPSA) is 427 Å². The lowest BCUT2D eigenvalue weighted by Gasteiger charge is -2.48. The van der Waals surface area contributed by atoms with Crippen molar-refractivity contribution in [3.63, 3.8) is 0 Å². The Morgan fingerprint density at radius 3 is 1.07 bits per heavy atom. The molecular formula is C30H52O26. The summed E-state index contributed by atoms with van der Waals surface area (Å²) in [5.41, 5.74) is 0. The van der Waals surface area contributed by atoms with E-state index in [-0.39, 0.29) is 0 Å². The van der Waals surface area contributed by atoms with Gasteiger partial charge in [-0.25, -0.2) is 0 Å². The molecule has 0 aromatic carbocycles. The van der Waals surface area contributed by atoms with Crippen molar-refractivity contribution in [1.82, 2.24) is 0 Å². The third-order valence-electron chi connectivity index (χ3n) is 10.3. The molecule has 17 N–H and O–H groups in total. The molecule has 5 rings (SSSR count). The van der Waals surface area contributed by atoms with Crippen molar-refractivity contribution < 1.29 is 129 Å². The number of hydrogen-bond acceptors (Lipinski definition) is 26. The van der Waals surface area contributed by atoms with Crippen LogP contribution in [0.5, 0.6) is 0 Å². The molecule has 56 heavy (non-hydrogen) atoms. The van der Waals surface area contributed by atoms with Crippen molar-refractivity contribution in [2.45, 2.75) is 154 Å². The molecule has 5 heterocycles. The minimum absolute atomic E-state index is 0.792. The molecule has 0 radical (unpaired) electrons. The Morgan fingerprint density at radius 2 is 0.625 bits per heavy atom. The van der Waals surface area contributed by atoms with Crippen LogP contribution >= 0.6 is 0 Å². The van der Waals surface area contributed by atoms with E-state index in [4.69, 9.17) is 42.6 Å². The highest BCUT2D eigenvalue weighted by atomic mass is 16.8. The predicted octanol–water partition coefficient (Wildman–Crippen LogP) is -11.9. The number of hydrogen-bond donors (Lipinski definition) is 17. The minimum Gasteiger partial charge on any atom is -0.394 e. The smallest absolute Gasteiger partial charge is 0.187 e. The third kappa shape index (κ3) is 9.31. The SMILES string of the molecule is OCC1OC(OC2C(CO)OC(OCC3OC(OC4C(CO)OC(OC5C(CO)OC(O)C(O)C5O)C(O)C4O)C(O)C(O)C3O)C(O)C2O)C(O)C(O)C1O. The first-order valence-electron chi connectivity index (χ1n) is 17.6. The largest absolute Gasteiger partial charge is 0.394 e. The van der Waals surface area contributed by atoms with Gasteiger partial charge < -0.3 is 129 Å². The van der Waals surface area contributed by atoms with Crippen molar-refractivity contribution in [1.29, 1.82) is 0 Å². The van der Waals surface area contributed by atoms with Crippen LogP contribution < -0.4 is 0 Å². The first-order valence-corrected chi connectivity index (χ1v) is 17.6. The zero-order chi connectivity index (χ0) is 41.3. The van der Waals surface area contributed by atoms with Crippen LogP contribution in [-0.2, 0) is 42.6 Å². The summed E-state index contributed by atoms with van der Waals surface area (Å²) < 4.78 is 48.9. The first kappa shape index (κ1) is 46.0. The molecule has 5 aliphatic heterocycles. The van der Waals surface area contributed by atoms with Gasteiger partial charge in [-0.05, 0) is 0 Å². The maximum absolute atomic E-state index is 11.0. The zero-order valence-corrected chi connectivity index (χ0v) is 29.2. The van der Waals surface area contributed by atoms with E-state index in [1.54, 1.807) is 0 Å². The zero-order valence-electron chi connectivity index (χ0n) is 29.2. The molecule has 5 aliphatic rings. The third-order valence-corrected chi connectivity index (χ3v) is 10.3. The van der Waals surface area contributed by atoms with Gasteiger partial charge in [-0.3, -0.25) is 0 Å². The van der Waals surface area contributed by atoms with Crippen molar-refractivity contribution >= 4 is 0 Å². The summed E-state index contributed by atoms with van der Waals surface area (Å²) in [6, 6.07) is 0. The molecule has 26 heteroatoms. The molecule has 0 aromatic rings. The van der Waals surface area contributed by atoms with Crippen molar-refractivity contribution in [2.75, 3.05) is 33.0 Å². The number of aliphatic hydroxyl groups is 17. The fourth-order valence-corrected chi connectivity index (χ4v) is 6.93. The van der Waals surface area contributed by atoms with Crippen LogP contribution in [0.15, 0.2) is 0 Å². The fourth-order valence-electron chi connectivity index (χ4n) is 6.93. The average Bonchev–Trinajstić information content (AvgIpc) is 3.19. The molecule has 26 nitrogen and oxygen atoms in total. The second kappa shape index (κ2) is 19.6. The summed E-state index contributed by atoms with van der Waals surface area (Å²) in [6.07, 6.45) is -45.3. The highest BCUT2D eigenvalue weighted by molar-refractivity contribution is 4.98. The number of rotatable bonds is 13. The van der Waals surface area contributed by atoms with Gasteiger partial charge in [-0.1, -0.05) is 0 Å². The van der Waals surface area contributed by atoms with E-state index in [9.17, 15) is 86.8 Å². The Labute approximate surface area is 316 Å². The van der Waals surface area contributed by atoms with Gasteiger partial charge in [-0.2, -0.15) is 0 Å². The molecule has 0 aliphatic carbocycles. The van der Waals surface area contributed by atoms with Gasteiger partial charge in [-0.15, -0.1) is 0 Å². The van der Waals surface area contributed by atoms with Gasteiger partial charge in [0, 0.05) is 0 Å². The van der Waals surface area contributed by atoms with Crippen LogP contribution in [0.3, 0.4) is 0 Å². The molecule has 0 spiro atoms. The summed E-state index contributed by atoms with van der Waals surface area (Å²) in [6.45, 7) is -4.27. The van der Waals surface area contributed by atoms with Crippen LogP contribution in [0.25, 0.3) is 0 Å². The second-order valence-electron chi connectivity index (χ2n) is 14.0. The monoisotopic (exact) mass is 828 g/mol. The van der Waals surface area contributed by atoms with E-state index in [1.807, 2.05) is 0 Å². The molecule has 328 valence electrons. The first-order chi connectivity index (χ1) is 26.5. The lowest BCUT2D eigenvalue weighted by atomic mass is 9.96. The molecule has 5 saturated heterocycles. The van der Waals surface area contributed by atoms with Crippen molar-refractivity contribution in [3.05, 3.63) is 0 Å². The molecular weight excluding hydrogens is 776 g/mol. The van der Waals surface area contributed by atoms with Crippen LogP contribution in [0.2, 0.25) is 0 Å². The highest BCUT2D eigenvalue weighted by Gasteiger charge is 2.55. The summed E-state index contributed by atoms with van der Waals surface area (Å²) in [5.74, 6) is 0. The Balaban J connectivity index is 1.21. The lowest BCUT2D eigenvalue weighted by molar-refractivity contribution is -0.382. The van der Waals surface area contributed by atoms with E-state index < -0.39 is 187 Å². The van der Waals surface area contributed by atoms with Gasteiger partial charge >= 0.3 is 0 Å². The molecule has 5 fully saturated rings. The Hall–Kier alpha value is -1.04. The molecule has 25 unspecified atom stereocenters. The summed E-state index contributed by atoms with van der Waals surface area (Å²) in [7, 11) is 0. The fraction of sp³-hybridized carbons (Fsp3) is 1.00. The van der Waals surface area contributed by atoms with Gasteiger partial charge in [0.05, 0.1) is 33.0 Å². The van der Waals surface area contributed by atoms with E-state index >= 15 is 0 Å². The molecule has 0 saturated carbocycles. The molecule has 25 atom stereocenters. The highest BCUT2D eigenvalue weighted by Crippen LogP contribution is 2.34. The van der Waals surface area contributed by atoms with Gasteiger partial charge in [0.1, 0.15) is 122 Å².